The van der Waals surface area contributed by atoms with Gasteiger partial charge in [0.25, 0.3) is 0 Å². The summed E-state index contributed by atoms with van der Waals surface area (Å²) in [5.74, 6) is 1.03. The SMILES string of the molecule is COCCn1c(-c2ccc(NS(=O)(=O)CCCCl)cc2)c(N)c2ccc(OC)cc21. The maximum atomic E-state index is 12.1. The minimum absolute atomic E-state index is 0.0156. The maximum Gasteiger partial charge on any atom is 0.232 e. The summed E-state index contributed by atoms with van der Waals surface area (Å²) in [6, 6.07) is 12.9. The molecule has 0 bridgehead atoms. The average molecular weight is 452 g/mol. The van der Waals surface area contributed by atoms with E-state index < -0.39 is 10.0 Å². The second kappa shape index (κ2) is 9.59. The van der Waals surface area contributed by atoms with Gasteiger partial charge in [-0.3, -0.25) is 4.72 Å². The van der Waals surface area contributed by atoms with Crippen molar-refractivity contribution in [2.75, 3.05) is 42.9 Å². The summed E-state index contributed by atoms with van der Waals surface area (Å²) in [5.41, 5.74) is 10.3. The van der Waals surface area contributed by atoms with Crippen LogP contribution in [0.3, 0.4) is 0 Å². The van der Waals surface area contributed by atoms with Gasteiger partial charge >= 0.3 is 0 Å². The number of halogens is 1. The van der Waals surface area contributed by atoms with Gasteiger partial charge < -0.3 is 19.8 Å². The molecule has 0 amide bonds. The Kier molecular flexibility index (Phi) is 7.12. The highest BCUT2D eigenvalue weighted by Gasteiger charge is 2.18. The van der Waals surface area contributed by atoms with Gasteiger partial charge in [-0.2, -0.15) is 0 Å². The Hall–Kier alpha value is -2.42. The van der Waals surface area contributed by atoms with Crippen LogP contribution in [-0.2, 0) is 21.3 Å². The van der Waals surface area contributed by atoms with Crippen LogP contribution in [0.5, 0.6) is 5.75 Å². The molecule has 0 fully saturated rings. The number of nitrogens with zero attached hydrogens (tertiary/aromatic N) is 1. The molecule has 0 saturated carbocycles. The van der Waals surface area contributed by atoms with Crippen molar-refractivity contribution in [1.29, 1.82) is 0 Å². The van der Waals surface area contributed by atoms with Crippen molar-refractivity contribution in [1.82, 2.24) is 4.57 Å². The molecule has 0 aliphatic heterocycles. The van der Waals surface area contributed by atoms with Crippen molar-refractivity contribution in [2.45, 2.75) is 13.0 Å². The van der Waals surface area contributed by atoms with Crippen molar-refractivity contribution < 1.29 is 17.9 Å². The lowest BCUT2D eigenvalue weighted by Crippen LogP contribution is -2.16. The number of hydrogen-bond donors (Lipinski definition) is 2. The summed E-state index contributed by atoms with van der Waals surface area (Å²) in [7, 11) is -0.147. The number of benzene rings is 2. The van der Waals surface area contributed by atoms with Gasteiger partial charge in [-0.1, -0.05) is 12.1 Å². The lowest BCUT2D eigenvalue weighted by molar-refractivity contribution is 0.189. The van der Waals surface area contributed by atoms with E-state index in [1.807, 2.05) is 30.3 Å². The molecule has 1 aromatic heterocycles. The highest BCUT2D eigenvalue weighted by molar-refractivity contribution is 7.92. The molecule has 1 heterocycles. The topological polar surface area (TPSA) is 95.6 Å². The molecule has 9 heteroatoms. The molecule has 0 aliphatic rings. The lowest BCUT2D eigenvalue weighted by Gasteiger charge is -2.13. The maximum absolute atomic E-state index is 12.1. The summed E-state index contributed by atoms with van der Waals surface area (Å²) in [5, 5.41) is 0.924. The van der Waals surface area contributed by atoms with E-state index in [9.17, 15) is 8.42 Å². The van der Waals surface area contributed by atoms with Gasteiger partial charge in [0.1, 0.15) is 5.75 Å². The van der Waals surface area contributed by atoms with E-state index >= 15 is 0 Å². The number of anilines is 2. The average Bonchev–Trinajstić information content (AvgIpc) is 3.02. The summed E-state index contributed by atoms with van der Waals surface area (Å²) in [6.07, 6.45) is 0.397. The van der Waals surface area contributed by atoms with Crippen LogP contribution in [0.1, 0.15) is 6.42 Å². The normalized spacial score (nSPS) is 11.7. The predicted molar refractivity (Wildman–Crippen MR) is 123 cm³/mol. The Morgan fingerprint density at radius 3 is 2.50 bits per heavy atom. The zero-order valence-corrected chi connectivity index (χ0v) is 18.6. The first-order chi connectivity index (χ1) is 14.4. The van der Waals surface area contributed by atoms with Gasteiger partial charge in [-0.05, 0) is 30.7 Å². The van der Waals surface area contributed by atoms with Crippen molar-refractivity contribution in [3.63, 3.8) is 0 Å². The van der Waals surface area contributed by atoms with E-state index in [-0.39, 0.29) is 5.75 Å². The number of fused-ring (bicyclic) bond motifs is 1. The fraction of sp³-hybridized carbons (Fsp3) is 0.333. The monoisotopic (exact) mass is 451 g/mol. The summed E-state index contributed by atoms with van der Waals surface area (Å²) in [4.78, 5) is 0. The number of nitrogens with one attached hydrogen (secondary N) is 1. The molecule has 3 aromatic rings. The molecule has 0 atom stereocenters. The number of nitrogens with two attached hydrogens (primary N) is 1. The fourth-order valence-electron chi connectivity index (χ4n) is 3.38. The number of nitrogen functional groups attached to an aromatic ring is 1. The number of aromatic nitrogens is 1. The van der Waals surface area contributed by atoms with Crippen LogP contribution in [-0.4, -0.2) is 45.4 Å². The van der Waals surface area contributed by atoms with Gasteiger partial charge in [0.15, 0.2) is 0 Å². The van der Waals surface area contributed by atoms with Crippen LogP contribution < -0.4 is 15.2 Å². The van der Waals surface area contributed by atoms with E-state index in [0.29, 0.717) is 36.8 Å². The van der Waals surface area contributed by atoms with Crippen molar-refractivity contribution >= 4 is 43.9 Å². The van der Waals surface area contributed by atoms with E-state index in [2.05, 4.69) is 9.29 Å². The molecule has 0 spiro atoms. The molecule has 162 valence electrons. The number of sulfonamides is 1. The molecule has 2 aromatic carbocycles. The first kappa shape index (κ1) is 22.3. The number of hydrogen-bond acceptors (Lipinski definition) is 5. The van der Waals surface area contributed by atoms with E-state index in [1.165, 1.54) is 0 Å². The summed E-state index contributed by atoms with van der Waals surface area (Å²) >= 11 is 5.59. The van der Waals surface area contributed by atoms with E-state index in [1.54, 1.807) is 26.4 Å². The molecule has 3 N–H and O–H groups in total. The highest BCUT2D eigenvalue weighted by Crippen LogP contribution is 2.38. The minimum atomic E-state index is -3.43. The van der Waals surface area contributed by atoms with E-state index in [0.717, 1.165) is 27.9 Å². The van der Waals surface area contributed by atoms with Crippen LogP contribution in [0.15, 0.2) is 42.5 Å². The van der Waals surface area contributed by atoms with Crippen LogP contribution in [0, 0.1) is 0 Å². The quantitative estimate of drug-likeness (QED) is 0.455. The standard InChI is InChI=1S/C21H26ClN3O4S/c1-28-12-11-25-19-14-17(29-2)8-9-18(19)20(23)21(25)15-4-6-16(7-5-15)24-30(26,27)13-3-10-22/h4-9,14,24H,3,10-13,23H2,1-2H3. The first-order valence-corrected chi connectivity index (χ1v) is 11.7. The number of alkyl halides is 1. The Bertz CT molecular complexity index is 1110. The summed E-state index contributed by atoms with van der Waals surface area (Å²) in [6.45, 7) is 1.13. The van der Waals surface area contributed by atoms with Crippen molar-refractivity contribution in [3.05, 3.63) is 42.5 Å². The molecule has 0 radical (unpaired) electrons. The second-order valence-corrected chi connectivity index (χ2v) is 9.05. The Morgan fingerprint density at radius 2 is 1.87 bits per heavy atom. The number of rotatable bonds is 10. The lowest BCUT2D eigenvalue weighted by atomic mass is 10.1. The third-order valence-corrected chi connectivity index (χ3v) is 6.45. The second-order valence-electron chi connectivity index (χ2n) is 6.83. The Balaban J connectivity index is 2.00. The van der Waals surface area contributed by atoms with Crippen LogP contribution in [0.4, 0.5) is 11.4 Å². The molecule has 0 aliphatic carbocycles. The van der Waals surface area contributed by atoms with Gasteiger partial charge in [0.2, 0.25) is 10.0 Å². The third-order valence-electron chi connectivity index (χ3n) is 4.81. The van der Waals surface area contributed by atoms with Crippen molar-refractivity contribution in [2.24, 2.45) is 0 Å². The molecule has 3 rings (SSSR count). The van der Waals surface area contributed by atoms with Crippen LogP contribution in [0.25, 0.3) is 22.2 Å². The predicted octanol–water partition coefficient (Wildman–Crippen LogP) is 3.92. The molecule has 7 nitrogen and oxygen atoms in total. The van der Waals surface area contributed by atoms with Gasteiger partial charge in [-0.15, -0.1) is 11.6 Å². The largest absolute Gasteiger partial charge is 0.497 e. The van der Waals surface area contributed by atoms with E-state index in [4.69, 9.17) is 26.8 Å². The molecule has 0 unspecified atom stereocenters. The number of methoxy groups -OCH3 is 2. The molecule has 0 saturated heterocycles. The molecular formula is C21H26ClN3O4S. The zero-order chi connectivity index (χ0) is 21.7. The first-order valence-electron chi connectivity index (χ1n) is 9.51. The Morgan fingerprint density at radius 1 is 1.13 bits per heavy atom. The van der Waals surface area contributed by atoms with Crippen LogP contribution in [0.2, 0.25) is 0 Å². The van der Waals surface area contributed by atoms with Gasteiger partial charge in [-0.25, -0.2) is 8.42 Å². The minimum Gasteiger partial charge on any atom is -0.497 e. The number of ether oxygens (including phenoxy) is 2. The van der Waals surface area contributed by atoms with Gasteiger partial charge in [0.05, 0.1) is 36.4 Å². The molecular weight excluding hydrogens is 426 g/mol. The van der Waals surface area contributed by atoms with Gasteiger partial charge in [0, 0.05) is 42.2 Å². The molecule has 30 heavy (non-hydrogen) atoms. The fourth-order valence-corrected chi connectivity index (χ4v) is 4.79. The van der Waals surface area contributed by atoms with Crippen LogP contribution >= 0.6 is 11.6 Å². The Labute approximate surface area is 181 Å². The summed E-state index contributed by atoms with van der Waals surface area (Å²) < 4.78 is 39.5. The van der Waals surface area contributed by atoms with Crippen molar-refractivity contribution in [3.8, 4) is 17.0 Å². The third kappa shape index (κ3) is 4.83. The highest BCUT2D eigenvalue weighted by atomic mass is 35.5. The smallest absolute Gasteiger partial charge is 0.232 e. The zero-order valence-electron chi connectivity index (χ0n) is 17.0.